The van der Waals surface area contributed by atoms with Gasteiger partial charge in [0.1, 0.15) is 5.41 Å². The molecule has 46 heavy (non-hydrogen) atoms. The number of rotatable bonds is 8. The van der Waals surface area contributed by atoms with Crippen LogP contribution in [-0.4, -0.2) is 60.5 Å². The van der Waals surface area contributed by atoms with Crippen LogP contribution < -0.4 is 10.2 Å². The van der Waals surface area contributed by atoms with E-state index in [4.69, 9.17) is 14.2 Å². The smallest absolute Gasteiger partial charge is 0.339 e. The third-order valence-corrected chi connectivity index (χ3v) is 8.51. The first kappa shape index (κ1) is 32.0. The average molecular weight is 630 g/mol. The number of nitrogens with zero attached hydrogens (tertiary/aromatic N) is 2. The number of carbonyl (C=O) groups excluding carboxylic acids is 5. The van der Waals surface area contributed by atoms with Crippen LogP contribution in [0.1, 0.15) is 59.8 Å². The van der Waals surface area contributed by atoms with Crippen molar-refractivity contribution < 1.29 is 43.1 Å². The maximum atomic E-state index is 15.1. The van der Waals surface area contributed by atoms with Crippen LogP contribution in [0.25, 0.3) is 0 Å². The fourth-order valence-corrected chi connectivity index (χ4v) is 6.76. The summed E-state index contributed by atoms with van der Waals surface area (Å²) in [5.41, 5.74) is -3.61. The van der Waals surface area contributed by atoms with E-state index < -0.39 is 57.6 Å². The molecule has 0 aromatic heterocycles. The van der Waals surface area contributed by atoms with E-state index in [0.29, 0.717) is 11.1 Å². The van der Waals surface area contributed by atoms with Gasteiger partial charge in [-0.1, -0.05) is 42.5 Å². The lowest BCUT2D eigenvalue weighted by molar-refractivity contribution is -0.384. The molecule has 2 heterocycles. The van der Waals surface area contributed by atoms with Gasteiger partial charge in [0, 0.05) is 31.0 Å². The van der Waals surface area contributed by atoms with E-state index in [9.17, 15) is 29.3 Å². The van der Waals surface area contributed by atoms with Crippen LogP contribution in [0.5, 0.6) is 0 Å². The number of nitro benzene ring substituents is 1. The highest BCUT2D eigenvalue weighted by molar-refractivity contribution is 6.28. The zero-order chi connectivity index (χ0) is 33.4. The van der Waals surface area contributed by atoms with E-state index in [0.717, 1.165) is 4.90 Å². The quantitative estimate of drug-likeness (QED) is 0.127. The lowest BCUT2D eigenvalue weighted by Crippen LogP contribution is -2.70. The normalized spacial score (nSPS) is 21.0. The Morgan fingerprint density at radius 1 is 0.891 bits per heavy atom. The van der Waals surface area contributed by atoms with Gasteiger partial charge in [-0.2, -0.15) is 0 Å². The number of carbonyl (C=O) groups is 5. The second kappa shape index (κ2) is 12.2. The second-order valence-corrected chi connectivity index (χ2v) is 10.7. The number of nitrogens with one attached hydrogen (secondary N) is 1. The minimum absolute atomic E-state index is 0.162. The van der Waals surface area contributed by atoms with Crippen LogP contribution in [0.15, 0.2) is 72.8 Å². The van der Waals surface area contributed by atoms with E-state index in [1.807, 2.05) is 0 Å². The van der Waals surface area contributed by atoms with Crippen molar-refractivity contribution in [2.75, 3.05) is 25.2 Å². The molecule has 1 spiro atoms. The molecule has 1 saturated heterocycles. The molecule has 5 rings (SSSR count). The van der Waals surface area contributed by atoms with E-state index >= 15 is 4.79 Å². The first-order valence-corrected chi connectivity index (χ1v) is 14.5. The number of hydrogen-bond acceptors (Lipinski definition) is 11. The Kier molecular flexibility index (Phi) is 8.46. The lowest BCUT2D eigenvalue weighted by atomic mass is 9.58. The van der Waals surface area contributed by atoms with Crippen molar-refractivity contribution in [3.05, 3.63) is 105 Å². The number of non-ortho nitro benzene ring substituents is 1. The molecule has 13 nitrogen and oxygen atoms in total. The topological polar surface area (TPSA) is 171 Å². The molecule has 0 radical (unpaired) electrons. The van der Waals surface area contributed by atoms with Gasteiger partial charge in [-0.3, -0.25) is 25.0 Å². The number of amides is 2. The van der Waals surface area contributed by atoms with Gasteiger partial charge in [-0.05, 0) is 48.7 Å². The van der Waals surface area contributed by atoms with Gasteiger partial charge >= 0.3 is 17.9 Å². The lowest BCUT2D eigenvalue weighted by Gasteiger charge is -2.40. The second-order valence-electron chi connectivity index (χ2n) is 10.7. The molecular formula is C33H31N3O10. The molecule has 3 aromatic rings. The van der Waals surface area contributed by atoms with Gasteiger partial charge in [0.2, 0.25) is 17.4 Å². The molecule has 1 fully saturated rings. The molecule has 2 aliphatic rings. The summed E-state index contributed by atoms with van der Waals surface area (Å²) in [5.74, 6) is -5.51. The Labute approximate surface area is 263 Å². The average Bonchev–Trinajstić information content (AvgIpc) is 3.52. The Balaban J connectivity index is 1.93. The van der Waals surface area contributed by atoms with E-state index in [1.165, 1.54) is 50.4 Å². The highest BCUT2D eigenvalue weighted by Crippen LogP contribution is 2.64. The van der Waals surface area contributed by atoms with Crippen molar-refractivity contribution in [2.45, 2.75) is 43.7 Å². The third-order valence-electron chi connectivity index (χ3n) is 8.51. The molecule has 1 N–H and O–H groups in total. The Morgan fingerprint density at radius 2 is 1.46 bits per heavy atom. The van der Waals surface area contributed by atoms with Crippen molar-refractivity contribution in [3.8, 4) is 0 Å². The van der Waals surface area contributed by atoms with Gasteiger partial charge in [0.25, 0.3) is 5.69 Å². The molecule has 3 aromatic carbocycles. The third kappa shape index (κ3) is 4.53. The molecular weight excluding hydrogens is 598 g/mol. The Bertz CT molecular complexity index is 1720. The summed E-state index contributed by atoms with van der Waals surface area (Å²) in [6.07, 6.45) is 0. The Hall–Kier alpha value is -5.43. The minimum atomic E-state index is -2.55. The molecule has 13 heteroatoms. The summed E-state index contributed by atoms with van der Waals surface area (Å²) in [4.78, 5) is 81.1. The van der Waals surface area contributed by atoms with Crippen molar-refractivity contribution >= 4 is 41.1 Å². The van der Waals surface area contributed by atoms with Crippen molar-refractivity contribution in [1.29, 1.82) is 0 Å². The maximum Gasteiger partial charge on any atom is 0.339 e. The fraction of sp³-hybridized carbons (Fsp3) is 0.303. The van der Waals surface area contributed by atoms with Gasteiger partial charge in [-0.15, -0.1) is 0 Å². The molecule has 0 bridgehead atoms. The van der Waals surface area contributed by atoms with E-state index in [1.54, 1.807) is 50.2 Å². The summed E-state index contributed by atoms with van der Waals surface area (Å²) >= 11 is 0. The summed E-state index contributed by atoms with van der Waals surface area (Å²) in [7, 11) is 1.23. The predicted octanol–water partition coefficient (Wildman–Crippen LogP) is 3.51. The van der Waals surface area contributed by atoms with Gasteiger partial charge in [0.15, 0.2) is 0 Å². The summed E-state index contributed by atoms with van der Waals surface area (Å²) in [6, 6.07) is 16.8. The molecule has 2 amide bonds. The van der Waals surface area contributed by atoms with Crippen LogP contribution in [0, 0.1) is 10.1 Å². The standard InChI is InChI=1S/C33H31N3O10/c1-5-45-30(40)33(31(41)46-6-2)32(24-9-7-8-10-25(24)35(19(3)37)29(32)39)26(20-11-13-22(14-12-20)28(38)44-4)27(34-33)21-15-17-23(18-16-21)36(42)43/h7-18,26-27,34H,5-6H2,1-4H3/t26-,27-,32-/m1/s1. The molecule has 3 atom stereocenters. The van der Waals surface area contributed by atoms with Gasteiger partial charge in [0.05, 0.1) is 36.5 Å². The van der Waals surface area contributed by atoms with Crippen LogP contribution >= 0.6 is 0 Å². The number of imide groups is 1. The predicted molar refractivity (Wildman–Crippen MR) is 162 cm³/mol. The number of nitro groups is 1. The molecule has 2 aliphatic heterocycles. The van der Waals surface area contributed by atoms with E-state index in [-0.39, 0.29) is 35.7 Å². The van der Waals surface area contributed by atoms with Crippen molar-refractivity contribution in [2.24, 2.45) is 0 Å². The number of ether oxygens (including phenoxy) is 3. The van der Waals surface area contributed by atoms with Crippen LogP contribution in [0.3, 0.4) is 0 Å². The first-order valence-electron chi connectivity index (χ1n) is 14.5. The number of para-hydroxylation sites is 1. The molecule has 238 valence electrons. The minimum Gasteiger partial charge on any atom is -0.465 e. The summed E-state index contributed by atoms with van der Waals surface area (Å²) < 4.78 is 15.9. The summed E-state index contributed by atoms with van der Waals surface area (Å²) in [6.45, 7) is 3.96. The highest BCUT2D eigenvalue weighted by atomic mass is 16.6. The maximum absolute atomic E-state index is 15.1. The molecule has 0 saturated carbocycles. The number of anilines is 1. The number of esters is 3. The Morgan fingerprint density at radius 3 is 1.98 bits per heavy atom. The zero-order valence-electron chi connectivity index (χ0n) is 25.5. The van der Waals surface area contributed by atoms with Crippen molar-refractivity contribution in [1.82, 2.24) is 5.32 Å². The van der Waals surface area contributed by atoms with Crippen LogP contribution in [0.4, 0.5) is 11.4 Å². The zero-order valence-corrected chi connectivity index (χ0v) is 25.5. The largest absolute Gasteiger partial charge is 0.465 e. The SMILES string of the molecule is CCOC(=O)C1(C(=O)OCC)N[C@H](c2ccc([N+](=O)[O-])cc2)[C@@H](c2ccc(C(=O)OC)cc2)[C@]12C(=O)N(C(C)=O)c1ccccc12. The monoisotopic (exact) mass is 629 g/mol. The van der Waals surface area contributed by atoms with Crippen molar-refractivity contribution in [3.63, 3.8) is 0 Å². The molecule has 0 aliphatic carbocycles. The molecule has 0 unspecified atom stereocenters. The number of fused-ring (bicyclic) bond motifs is 2. The number of hydrogen-bond donors (Lipinski definition) is 1. The fourth-order valence-electron chi connectivity index (χ4n) is 6.76. The first-order chi connectivity index (χ1) is 22.0. The van der Waals surface area contributed by atoms with Crippen LogP contribution in [-0.2, 0) is 38.8 Å². The van der Waals surface area contributed by atoms with E-state index in [2.05, 4.69) is 5.32 Å². The summed E-state index contributed by atoms with van der Waals surface area (Å²) in [5, 5.41) is 14.6. The number of benzene rings is 3. The van der Waals surface area contributed by atoms with Crippen LogP contribution in [0.2, 0.25) is 0 Å². The van der Waals surface area contributed by atoms with Gasteiger partial charge < -0.3 is 14.2 Å². The number of methoxy groups -OCH3 is 1. The highest BCUT2D eigenvalue weighted by Gasteiger charge is 2.80. The van der Waals surface area contributed by atoms with Gasteiger partial charge in [-0.25, -0.2) is 19.3 Å².